The maximum Gasteiger partial charge on any atom is 0.306 e. The quantitative estimate of drug-likeness (QED) is 0.241. The maximum absolute atomic E-state index is 13.6. The smallest absolute Gasteiger partial charge is 0.306 e. The van der Waals surface area contributed by atoms with Crippen molar-refractivity contribution in [1.82, 2.24) is 10.3 Å². The number of fused-ring (bicyclic) bond motifs is 1. The molecule has 0 bridgehead atoms. The SMILES string of the molecule is Cc1ccc(C(NC(=O)Cc2ccc3[nH]cc(CCC(=O)OC(C)(C)C)c3c2)c2ccccc2)c(N2CCOCC2)c1. The van der Waals surface area contributed by atoms with Crippen molar-refractivity contribution < 1.29 is 19.1 Å². The van der Waals surface area contributed by atoms with E-state index in [1.165, 1.54) is 5.56 Å². The summed E-state index contributed by atoms with van der Waals surface area (Å²) >= 11 is 0. The molecular weight excluding hydrogens is 526 g/mol. The average Bonchev–Trinajstić information content (AvgIpc) is 3.37. The minimum atomic E-state index is -0.503. The molecule has 1 aromatic heterocycles. The number of rotatable bonds is 9. The minimum Gasteiger partial charge on any atom is -0.460 e. The summed E-state index contributed by atoms with van der Waals surface area (Å²) in [5.41, 5.74) is 6.86. The van der Waals surface area contributed by atoms with Crippen LogP contribution in [0.15, 0.2) is 72.9 Å². The number of aryl methyl sites for hydroxylation is 2. The number of morpholine rings is 1. The van der Waals surface area contributed by atoms with Crippen molar-refractivity contribution in [3.8, 4) is 0 Å². The number of aromatic amines is 1. The Morgan fingerprint density at radius 1 is 1.02 bits per heavy atom. The van der Waals surface area contributed by atoms with Gasteiger partial charge in [0.25, 0.3) is 0 Å². The molecule has 220 valence electrons. The third-order valence-corrected chi connectivity index (χ3v) is 7.50. The molecule has 5 rings (SSSR count). The zero-order chi connectivity index (χ0) is 29.7. The Balaban J connectivity index is 1.36. The number of esters is 1. The molecule has 1 unspecified atom stereocenters. The summed E-state index contributed by atoms with van der Waals surface area (Å²) in [6.07, 6.45) is 3.05. The number of hydrogen-bond acceptors (Lipinski definition) is 5. The van der Waals surface area contributed by atoms with Gasteiger partial charge in [0.1, 0.15) is 5.60 Å². The van der Waals surface area contributed by atoms with E-state index in [4.69, 9.17) is 9.47 Å². The summed E-state index contributed by atoms with van der Waals surface area (Å²) in [7, 11) is 0. The average molecular weight is 568 g/mol. The largest absolute Gasteiger partial charge is 0.460 e. The van der Waals surface area contributed by atoms with Gasteiger partial charge in [0.2, 0.25) is 5.91 Å². The second-order valence-electron chi connectivity index (χ2n) is 12.0. The van der Waals surface area contributed by atoms with E-state index in [9.17, 15) is 9.59 Å². The Morgan fingerprint density at radius 2 is 1.79 bits per heavy atom. The predicted molar refractivity (Wildman–Crippen MR) is 167 cm³/mol. The first-order valence-electron chi connectivity index (χ1n) is 14.7. The Morgan fingerprint density at radius 3 is 2.52 bits per heavy atom. The number of H-pyrrole nitrogens is 1. The van der Waals surface area contributed by atoms with Crippen LogP contribution in [0.1, 0.15) is 61.1 Å². The standard InChI is InChI=1S/C35H41N3O4/c1-24-10-13-28(31(20-24)38-16-18-41-19-17-38)34(26-8-6-5-7-9-26)37-32(39)22-25-11-14-30-29(21-25)27(23-36-30)12-15-33(40)42-35(2,3)4/h5-11,13-14,20-21,23,34,36H,12,15-19,22H2,1-4H3,(H,37,39). The first-order chi connectivity index (χ1) is 20.2. The van der Waals surface area contributed by atoms with Gasteiger partial charge >= 0.3 is 5.97 Å². The lowest BCUT2D eigenvalue weighted by atomic mass is 9.94. The molecule has 7 heteroatoms. The first-order valence-corrected chi connectivity index (χ1v) is 14.7. The maximum atomic E-state index is 13.6. The molecule has 1 amide bonds. The third-order valence-electron chi connectivity index (χ3n) is 7.50. The fraction of sp³-hybridized carbons (Fsp3) is 0.371. The molecule has 4 aromatic rings. The molecule has 1 fully saturated rings. The van der Waals surface area contributed by atoms with E-state index in [1.807, 2.05) is 57.3 Å². The summed E-state index contributed by atoms with van der Waals surface area (Å²) in [4.78, 5) is 31.6. The van der Waals surface area contributed by atoms with Crippen LogP contribution in [0.4, 0.5) is 5.69 Å². The lowest BCUT2D eigenvalue weighted by Crippen LogP contribution is -2.38. The van der Waals surface area contributed by atoms with Crippen molar-refractivity contribution in [3.63, 3.8) is 0 Å². The Hall–Kier alpha value is -4.10. The topological polar surface area (TPSA) is 83.7 Å². The van der Waals surface area contributed by atoms with Crippen LogP contribution >= 0.6 is 0 Å². The molecule has 2 N–H and O–H groups in total. The molecule has 1 aliphatic heterocycles. The monoisotopic (exact) mass is 567 g/mol. The third kappa shape index (κ3) is 7.39. The van der Waals surface area contributed by atoms with Crippen LogP contribution < -0.4 is 10.2 Å². The van der Waals surface area contributed by atoms with E-state index < -0.39 is 5.60 Å². The zero-order valence-electron chi connectivity index (χ0n) is 25.0. The van der Waals surface area contributed by atoms with Crippen LogP contribution in [0.2, 0.25) is 0 Å². The van der Waals surface area contributed by atoms with Crippen molar-refractivity contribution >= 4 is 28.5 Å². The molecule has 2 heterocycles. The number of amides is 1. The van der Waals surface area contributed by atoms with Crippen molar-refractivity contribution in [2.75, 3.05) is 31.2 Å². The number of nitrogens with one attached hydrogen (secondary N) is 2. The first kappa shape index (κ1) is 29.4. The van der Waals surface area contributed by atoms with Gasteiger partial charge in [-0.3, -0.25) is 9.59 Å². The highest BCUT2D eigenvalue weighted by Gasteiger charge is 2.24. The van der Waals surface area contributed by atoms with E-state index in [0.29, 0.717) is 26.1 Å². The lowest BCUT2D eigenvalue weighted by Gasteiger charge is -2.33. The molecule has 1 atom stereocenters. The summed E-state index contributed by atoms with van der Waals surface area (Å²) in [5, 5.41) is 4.37. The van der Waals surface area contributed by atoms with Crippen LogP contribution in [0.5, 0.6) is 0 Å². The Bertz CT molecular complexity index is 1530. The van der Waals surface area contributed by atoms with Crippen LogP contribution in [0.25, 0.3) is 10.9 Å². The number of ether oxygens (including phenoxy) is 2. The van der Waals surface area contributed by atoms with Crippen molar-refractivity contribution in [3.05, 3.63) is 101 Å². The zero-order valence-corrected chi connectivity index (χ0v) is 25.0. The predicted octanol–water partition coefficient (Wildman–Crippen LogP) is 6.04. The highest BCUT2D eigenvalue weighted by molar-refractivity contribution is 5.87. The van der Waals surface area contributed by atoms with E-state index in [2.05, 4.69) is 58.5 Å². The molecule has 7 nitrogen and oxygen atoms in total. The van der Waals surface area contributed by atoms with E-state index >= 15 is 0 Å². The van der Waals surface area contributed by atoms with Gasteiger partial charge in [-0.25, -0.2) is 0 Å². The number of benzene rings is 3. The second kappa shape index (κ2) is 12.8. The number of aromatic nitrogens is 1. The van der Waals surface area contributed by atoms with Crippen LogP contribution in [-0.4, -0.2) is 48.8 Å². The molecular formula is C35H41N3O4. The van der Waals surface area contributed by atoms with Gasteiger partial charge < -0.3 is 24.7 Å². The highest BCUT2D eigenvalue weighted by Crippen LogP contribution is 2.33. The van der Waals surface area contributed by atoms with Gasteiger partial charge in [0.15, 0.2) is 0 Å². The Kier molecular flexibility index (Phi) is 8.97. The fourth-order valence-corrected chi connectivity index (χ4v) is 5.53. The molecule has 0 spiro atoms. The van der Waals surface area contributed by atoms with Gasteiger partial charge in [-0.2, -0.15) is 0 Å². The van der Waals surface area contributed by atoms with E-state index in [0.717, 1.165) is 51.9 Å². The second-order valence-corrected chi connectivity index (χ2v) is 12.0. The number of nitrogens with zero attached hydrogens (tertiary/aromatic N) is 1. The minimum absolute atomic E-state index is 0.0532. The fourth-order valence-electron chi connectivity index (χ4n) is 5.53. The molecule has 1 saturated heterocycles. The normalized spacial score (nSPS) is 14.5. The number of carbonyl (C=O) groups is 2. The van der Waals surface area contributed by atoms with Crippen LogP contribution in [0, 0.1) is 6.92 Å². The summed E-state index contributed by atoms with van der Waals surface area (Å²) in [5.74, 6) is -0.269. The van der Waals surface area contributed by atoms with Crippen molar-refractivity contribution in [2.24, 2.45) is 0 Å². The lowest BCUT2D eigenvalue weighted by molar-refractivity contribution is -0.154. The number of carbonyl (C=O) groups excluding carboxylic acids is 2. The Labute approximate surface area is 248 Å². The van der Waals surface area contributed by atoms with Gasteiger partial charge in [-0.05, 0) is 74.6 Å². The molecule has 0 aliphatic carbocycles. The van der Waals surface area contributed by atoms with Gasteiger partial charge in [0.05, 0.1) is 25.7 Å². The van der Waals surface area contributed by atoms with Gasteiger partial charge in [-0.1, -0.05) is 48.5 Å². The van der Waals surface area contributed by atoms with Crippen molar-refractivity contribution in [1.29, 1.82) is 0 Å². The number of anilines is 1. The number of hydrogen-bond donors (Lipinski definition) is 2. The van der Waals surface area contributed by atoms with E-state index in [-0.39, 0.29) is 24.3 Å². The van der Waals surface area contributed by atoms with Crippen LogP contribution in [-0.2, 0) is 31.9 Å². The molecule has 0 radical (unpaired) electrons. The molecule has 42 heavy (non-hydrogen) atoms. The van der Waals surface area contributed by atoms with E-state index in [1.54, 1.807) is 0 Å². The summed E-state index contributed by atoms with van der Waals surface area (Å²) in [6.45, 7) is 10.7. The van der Waals surface area contributed by atoms with Crippen LogP contribution in [0.3, 0.4) is 0 Å². The summed E-state index contributed by atoms with van der Waals surface area (Å²) in [6, 6.07) is 22.4. The van der Waals surface area contributed by atoms with Crippen molar-refractivity contribution in [2.45, 2.75) is 58.6 Å². The summed E-state index contributed by atoms with van der Waals surface area (Å²) < 4.78 is 11.1. The molecule has 1 aliphatic rings. The molecule has 3 aromatic carbocycles. The molecule has 0 saturated carbocycles. The van der Waals surface area contributed by atoms with Gasteiger partial charge in [-0.15, -0.1) is 0 Å². The highest BCUT2D eigenvalue weighted by atomic mass is 16.6. The van der Waals surface area contributed by atoms with Gasteiger partial charge in [0, 0.05) is 47.9 Å².